The average molecular weight is 265 g/mol. The highest BCUT2D eigenvalue weighted by molar-refractivity contribution is 5.95. The molecule has 1 amide bonds. The maximum atomic E-state index is 14.0. The summed E-state index contributed by atoms with van der Waals surface area (Å²) < 4.78 is 14.0. The third-order valence-electron chi connectivity index (χ3n) is 3.74. The SMILES string of the molecule is CNc1nccc(C(=O)NC2(C)CCCCC2)c1F. The van der Waals surface area contributed by atoms with E-state index in [0.29, 0.717) is 0 Å². The first-order chi connectivity index (χ1) is 9.06. The van der Waals surface area contributed by atoms with Crippen LogP contribution in [-0.4, -0.2) is 23.5 Å². The lowest BCUT2D eigenvalue weighted by Gasteiger charge is -2.34. The van der Waals surface area contributed by atoms with E-state index in [2.05, 4.69) is 15.6 Å². The van der Waals surface area contributed by atoms with Crippen molar-refractivity contribution in [3.05, 3.63) is 23.6 Å². The van der Waals surface area contributed by atoms with E-state index in [1.807, 2.05) is 6.92 Å². The molecule has 0 unspecified atom stereocenters. The van der Waals surface area contributed by atoms with Crippen LogP contribution >= 0.6 is 0 Å². The van der Waals surface area contributed by atoms with Crippen LogP contribution in [0.5, 0.6) is 0 Å². The number of carbonyl (C=O) groups is 1. The van der Waals surface area contributed by atoms with Gasteiger partial charge in [0.05, 0.1) is 5.56 Å². The van der Waals surface area contributed by atoms with Crippen molar-refractivity contribution < 1.29 is 9.18 Å². The highest BCUT2D eigenvalue weighted by Gasteiger charge is 2.29. The summed E-state index contributed by atoms with van der Waals surface area (Å²) in [6.45, 7) is 2.03. The number of carbonyl (C=O) groups excluding carboxylic acids is 1. The molecule has 1 fully saturated rings. The van der Waals surface area contributed by atoms with Crippen molar-refractivity contribution in [1.29, 1.82) is 0 Å². The molecule has 2 N–H and O–H groups in total. The Morgan fingerprint density at radius 1 is 1.37 bits per heavy atom. The van der Waals surface area contributed by atoms with Gasteiger partial charge in [0, 0.05) is 18.8 Å². The number of rotatable bonds is 3. The molecule has 104 valence electrons. The van der Waals surface area contributed by atoms with Crippen LogP contribution in [0.15, 0.2) is 12.3 Å². The van der Waals surface area contributed by atoms with Gasteiger partial charge in [-0.25, -0.2) is 9.37 Å². The van der Waals surface area contributed by atoms with E-state index in [1.165, 1.54) is 18.7 Å². The quantitative estimate of drug-likeness (QED) is 0.883. The molecule has 0 aromatic carbocycles. The van der Waals surface area contributed by atoms with E-state index < -0.39 is 5.82 Å². The van der Waals surface area contributed by atoms with Crippen molar-refractivity contribution in [1.82, 2.24) is 10.3 Å². The van der Waals surface area contributed by atoms with Crippen molar-refractivity contribution in [2.24, 2.45) is 0 Å². The molecular weight excluding hydrogens is 245 g/mol. The largest absolute Gasteiger partial charge is 0.371 e. The molecule has 0 radical (unpaired) electrons. The fourth-order valence-electron chi connectivity index (χ4n) is 2.59. The van der Waals surface area contributed by atoms with Gasteiger partial charge in [0.2, 0.25) is 0 Å². The number of hydrogen-bond donors (Lipinski definition) is 2. The third kappa shape index (κ3) is 3.03. The van der Waals surface area contributed by atoms with Crippen LogP contribution < -0.4 is 10.6 Å². The monoisotopic (exact) mass is 265 g/mol. The smallest absolute Gasteiger partial charge is 0.254 e. The minimum atomic E-state index is -0.595. The molecule has 1 aliphatic carbocycles. The molecular formula is C14H20FN3O. The summed E-state index contributed by atoms with van der Waals surface area (Å²) in [4.78, 5) is 16.0. The molecule has 4 nitrogen and oxygen atoms in total. The van der Waals surface area contributed by atoms with Crippen molar-refractivity contribution in [2.45, 2.75) is 44.6 Å². The number of nitrogens with one attached hydrogen (secondary N) is 2. The Labute approximate surface area is 112 Å². The van der Waals surface area contributed by atoms with E-state index >= 15 is 0 Å². The van der Waals surface area contributed by atoms with E-state index in [4.69, 9.17) is 0 Å². The molecule has 1 aliphatic rings. The van der Waals surface area contributed by atoms with Crippen LogP contribution in [0, 0.1) is 5.82 Å². The zero-order chi connectivity index (χ0) is 13.9. The van der Waals surface area contributed by atoms with Gasteiger partial charge in [0.25, 0.3) is 5.91 Å². The van der Waals surface area contributed by atoms with Crippen LogP contribution in [0.3, 0.4) is 0 Å². The van der Waals surface area contributed by atoms with Crippen molar-refractivity contribution in [3.63, 3.8) is 0 Å². The molecule has 5 heteroatoms. The van der Waals surface area contributed by atoms with Crippen LogP contribution in [0.25, 0.3) is 0 Å². The Hall–Kier alpha value is -1.65. The van der Waals surface area contributed by atoms with Gasteiger partial charge in [-0.05, 0) is 25.8 Å². The summed E-state index contributed by atoms with van der Waals surface area (Å²) in [5.41, 5.74) is -0.170. The fourth-order valence-corrected chi connectivity index (χ4v) is 2.59. The Kier molecular flexibility index (Phi) is 4.02. The molecule has 19 heavy (non-hydrogen) atoms. The van der Waals surface area contributed by atoms with Gasteiger partial charge in [-0.2, -0.15) is 0 Å². The molecule has 0 atom stereocenters. The molecule has 0 aliphatic heterocycles. The number of aromatic nitrogens is 1. The molecule has 0 bridgehead atoms. The molecule has 0 spiro atoms. The lowest BCUT2D eigenvalue weighted by molar-refractivity contribution is 0.0878. The summed E-state index contributed by atoms with van der Waals surface area (Å²) in [5.74, 6) is -0.857. The minimum absolute atomic E-state index is 0.0474. The molecule has 1 heterocycles. The van der Waals surface area contributed by atoms with Crippen molar-refractivity contribution in [3.8, 4) is 0 Å². The van der Waals surface area contributed by atoms with Crippen molar-refractivity contribution in [2.75, 3.05) is 12.4 Å². The summed E-state index contributed by atoms with van der Waals surface area (Å²) in [6.07, 6.45) is 6.76. The maximum Gasteiger partial charge on any atom is 0.254 e. The van der Waals surface area contributed by atoms with Gasteiger partial charge >= 0.3 is 0 Å². The Morgan fingerprint density at radius 3 is 2.68 bits per heavy atom. The summed E-state index contributed by atoms with van der Waals surface area (Å²) in [5, 5.41) is 5.61. The van der Waals surface area contributed by atoms with Crippen molar-refractivity contribution >= 4 is 11.7 Å². The number of anilines is 1. The average Bonchev–Trinajstić information content (AvgIpc) is 2.39. The first-order valence-corrected chi connectivity index (χ1v) is 6.70. The number of halogens is 1. The van der Waals surface area contributed by atoms with Gasteiger partial charge in [0.15, 0.2) is 11.6 Å². The molecule has 2 rings (SSSR count). The number of amides is 1. The predicted octanol–water partition coefficient (Wildman–Crippen LogP) is 2.72. The van der Waals surface area contributed by atoms with E-state index in [0.717, 1.165) is 25.7 Å². The normalized spacial score (nSPS) is 17.8. The minimum Gasteiger partial charge on any atom is -0.371 e. The first kappa shape index (κ1) is 13.8. The lowest BCUT2D eigenvalue weighted by atomic mass is 9.83. The predicted molar refractivity (Wildman–Crippen MR) is 72.7 cm³/mol. The zero-order valence-corrected chi connectivity index (χ0v) is 11.4. The van der Waals surface area contributed by atoms with Gasteiger partial charge in [-0.3, -0.25) is 4.79 Å². The van der Waals surface area contributed by atoms with Gasteiger partial charge in [0.1, 0.15) is 0 Å². The third-order valence-corrected chi connectivity index (χ3v) is 3.74. The van der Waals surface area contributed by atoms with Gasteiger partial charge < -0.3 is 10.6 Å². The molecule has 1 saturated carbocycles. The second kappa shape index (κ2) is 5.55. The zero-order valence-electron chi connectivity index (χ0n) is 11.4. The number of nitrogens with zero attached hydrogens (tertiary/aromatic N) is 1. The Bertz CT molecular complexity index is 470. The first-order valence-electron chi connectivity index (χ1n) is 6.70. The van der Waals surface area contributed by atoms with E-state index in [1.54, 1.807) is 7.05 Å². The second-order valence-electron chi connectivity index (χ2n) is 5.35. The number of hydrogen-bond acceptors (Lipinski definition) is 3. The number of pyridine rings is 1. The lowest BCUT2D eigenvalue weighted by Crippen LogP contribution is -2.47. The Morgan fingerprint density at radius 2 is 2.05 bits per heavy atom. The van der Waals surface area contributed by atoms with E-state index in [9.17, 15) is 9.18 Å². The fraction of sp³-hybridized carbons (Fsp3) is 0.571. The highest BCUT2D eigenvalue weighted by atomic mass is 19.1. The van der Waals surface area contributed by atoms with E-state index in [-0.39, 0.29) is 22.8 Å². The van der Waals surface area contributed by atoms with Crippen LogP contribution in [0.1, 0.15) is 49.4 Å². The van der Waals surface area contributed by atoms with Gasteiger partial charge in [-0.15, -0.1) is 0 Å². The molecule has 1 aromatic heterocycles. The topological polar surface area (TPSA) is 54.0 Å². The summed E-state index contributed by atoms with van der Waals surface area (Å²) in [6, 6.07) is 1.41. The molecule has 1 aromatic rings. The van der Waals surface area contributed by atoms with Crippen LogP contribution in [0.4, 0.5) is 10.2 Å². The summed E-state index contributed by atoms with van der Waals surface area (Å²) in [7, 11) is 1.58. The summed E-state index contributed by atoms with van der Waals surface area (Å²) >= 11 is 0. The van der Waals surface area contributed by atoms with Crippen LogP contribution in [0.2, 0.25) is 0 Å². The standard InChI is InChI=1S/C14H20FN3O/c1-14(7-4-3-5-8-14)18-13(19)10-6-9-17-12(16-2)11(10)15/h6,9H,3-5,7-8H2,1-2H3,(H,16,17)(H,18,19). The Balaban J connectivity index is 2.16. The highest BCUT2D eigenvalue weighted by Crippen LogP contribution is 2.28. The van der Waals surface area contributed by atoms with Crippen LogP contribution in [-0.2, 0) is 0 Å². The molecule has 0 saturated heterocycles. The maximum absolute atomic E-state index is 14.0. The second-order valence-corrected chi connectivity index (χ2v) is 5.35. The van der Waals surface area contributed by atoms with Gasteiger partial charge in [-0.1, -0.05) is 19.3 Å².